The second-order valence-electron chi connectivity index (χ2n) is 5.30. The molecule has 0 bridgehead atoms. The lowest BCUT2D eigenvalue weighted by Gasteiger charge is -2.23. The molecule has 0 radical (unpaired) electrons. The summed E-state index contributed by atoms with van der Waals surface area (Å²) in [4.78, 5) is 37.2. The van der Waals surface area contributed by atoms with Crippen LogP contribution in [0, 0.1) is 5.92 Å². The summed E-state index contributed by atoms with van der Waals surface area (Å²) in [6, 6.07) is 0. The molecule has 0 aromatic rings. The maximum atomic E-state index is 11.6. The van der Waals surface area contributed by atoms with Gasteiger partial charge in [-0.25, -0.2) is 13.7 Å². The van der Waals surface area contributed by atoms with Crippen molar-refractivity contribution in [1.82, 2.24) is 4.81 Å². The fraction of sp³-hybridized carbons (Fsp3) is 1.00. The van der Waals surface area contributed by atoms with Gasteiger partial charge in [0.15, 0.2) is 7.98 Å². The Morgan fingerprint density at radius 3 is 2.25 bits per heavy atom. The van der Waals surface area contributed by atoms with Crippen LogP contribution in [-0.2, 0) is 31.6 Å². The molecule has 4 N–H and O–H groups in total. The van der Waals surface area contributed by atoms with Crippen LogP contribution in [0.15, 0.2) is 0 Å². The molecule has 1 heterocycles. The zero-order valence-corrected chi connectivity index (χ0v) is 16.0. The third-order valence-electron chi connectivity index (χ3n) is 3.35. The molecule has 12 nitrogen and oxygen atoms in total. The Bertz CT molecular complexity index is 569. The second kappa shape index (κ2) is 8.39. The molecular formula is C8H21BNO11P3. The Kier molecular flexibility index (Phi) is 7.84. The molecule has 0 aliphatic carbocycles. The monoisotopic (exact) mass is 411 g/mol. The Morgan fingerprint density at radius 1 is 1.17 bits per heavy atom. The van der Waals surface area contributed by atoms with Crippen molar-refractivity contribution in [3.8, 4) is 0 Å². The van der Waals surface area contributed by atoms with Gasteiger partial charge < -0.3 is 29.1 Å². The SMILES string of the molecule is BN(CC)[C@H]1CC(C)[C@@H](COP(=O)(O)OP(=O)(O)OP(=O)(O)O)O1. The first-order valence-corrected chi connectivity index (χ1v) is 11.4. The van der Waals surface area contributed by atoms with E-state index in [-0.39, 0.29) is 12.1 Å². The molecule has 3 unspecified atom stereocenters. The molecule has 16 heteroatoms. The molecule has 0 spiro atoms. The fourth-order valence-corrected chi connectivity index (χ4v) is 5.05. The van der Waals surface area contributed by atoms with Gasteiger partial charge in [0.2, 0.25) is 0 Å². The van der Waals surface area contributed by atoms with Gasteiger partial charge in [-0.2, -0.15) is 8.62 Å². The maximum Gasteiger partial charge on any atom is 0.490 e. The summed E-state index contributed by atoms with van der Waals surface area (Å²) in [5.41, 5.74) is 0. The average molecular weight is 411 g/mol. The number of rotatable bonds is 9. The zero-order valence-electron chi connectivity index (χ0n) is 13.3. The Morgan fingerprint density at radius 2 is 1.75 bits per heavy atom. The standard InChI is InChI=1S/C8H21BNO11P3/c1-3-10(9)8-4-6(2)7(19-8)5-18-23(14,15)21-24(16,17)20-22(11,12)13/h6-8H,3-5,9H2,1-2H3,(H,14,15)(H,16,17)(H2,11,12,13)/t6?,7-,8-/m1/s1. The molecule has 1 fully saturated rings. The first-order chi connectivity index (χ1) is 10.7. The molecular weight excluding hydrogens is 390 g/mol. The van der Waals surface area contributed by atoms with Crippen molar-refractivity contribution in [3.63, 3.8) is 0 Å². The summed E-state index contributed by atoms with van der Waals surface area (Å²) < 4.78 is 50.8. The van der Waals surface area contributed by atoms with Gasteiger partial charge in [0.1, 0.15) is 6.23 Å². The van der Waals surface area contributed by atoms with E-state index in [9.17, 15) is 18.6 Å². The normalized spacial score (nSPS) is 30.2. The van der Waals surface area contributed by atoms with E-state index in [0.717, 1.165) is 6.54 Å². The number of phosphoric ester groups is 1. The molecule has 142 valence electrons. The lowest BCUT2D eigenvalue weighted by molar-refractivity contribution is -0.0404. The first kappa shape index (κ1) is 22.4. The van der Waals surface area contributed by atoms with E-state index in [0.29, 0.717) is 6.42 Å². The molecule has 1 aliphatic heterocycles. The highest BCUT2D eigenvalue weighted by molar-refractivity contribution is 7.66. The maximum absolute atomic E-state index is 11.6. The fourth-order valence-electron chi connectivity index (χ4n) is 2.02. The number of phosphoric acid groups is 3. The largest absolute Gasteiger partial charge is 0.490 e. The van der Waals surface area contributed by atoms with Gasteiger partial charge in [0.05, 0.1) is 12.7 Å². The molecule has 0 saturated carbocycles. The topological polar surface area (TPSA) is 172 Å². The summed E-state index contributed by atoms with van der Waals surface area (Å²) in [7, 11) is -14.2. The van der Waals surface area contributed by atoms with Crippen LogP contribution < -0.4 is 0 Å². The number of hydrogen-bond acceptors (Lipinski definition) is 8. The van der Waals surface area contributed by atoms with E-state index in [2.05, 4.69) is 13.1 Å². The zero-order chi connectivity index (χ0) is 18.8. The molecule has 1 aliphatic rings. The Balaban J connectivity index is 2.58. The van der Waals surface area contributed by atoms with Crippen molar-refractivity contribution in [3.05, 3.63) is 0 Å². The summed E-state index contributed by atoms with van der Waals surface area (Å²) in [6.45, 7) is 4.10. The summed E-state index contributed by atoms with van der Waals surface area (Å²) in [6.07, 6.45) is -0.0947. The number of ether oxygens (including phenoxy) is 1. The predicted octanol–water partition coefficient (Wildman–Crippen LogP) is -0.0492. The van der Waals surface area contributed by atoms with Crippen molar-refractivity contribution in [1.29, 1.82) is 0 Å². The van der Waals surface area contributed by atoms with Crippen LogP contribution in [-0.4, -0.2) is 57.8 Å². The van der Waals surface area contributed by atoms with Crippen LogP contribution in [0.4, 0.5) is 0 Å². The van der Waals surface area contributed by atoms with Crippen LogP contribution in [0.5, 0.6) is 0 Å². The molecule has 24 heavy (non-hydrogen) atoms. The number of hydrogen-bond donors (Lipinski definition) is 4. The highest BCUT2D eigenvalue weighted by atomic mass is 31.3. The van der Waals surface area contributed by atoms with Gasteiger partial charge in [0, 0.05) is 0 Å². The van der Waals surface area contributed by atoms with Crippen molar-refractivity contribution in [2.75, 3.05) is 13.2 Å². The average Bonchev–Trinajstić information content (AvgIpc) is 2.72. The van der Waals surface area contributed by atoms with Gasteiger partial charge in [-0.05, 0) is 18.9 Å². The number of nitrogens with zero attached hydrogens (tertiary/aromatic N) is 1. The smallest absolute Gasteiger partial charge is 0.358 e. The van der Waals surface area contributed by atoms with Gasteiger partial charge in [-0.15, -0.1) is 0 Å². The van der Waals surface area contributed by atoms with Crippen molar-refractivity contribution < 1.29 is 51.2 Å². The van der Waals surface area contributed by atoms with Gasteiger partial charge in [-0.1, -0.05) is 13.8 Å². The van der Waals surface area contributed by atoms with Gasteiger partial charge in [0.25, 0.3) is 0 Å². The molecule has 0 amide bonds. The highest BCUT2D eigenvalue weighted by Gasteiger charge is 2.42. The van der Waals surface area contributed by atoms with Gasteiger partial charge >= 0.3 is 23.5 Å². The molecule has 0 aromatic heterocycles. The highest BCUT2D eigenvalue weighted by Crippen LogP contribution is 2.66. The lowest BCUT2D eigenvalue weighted by Crippen LogP contribution is -2.33. The van der Waals surface area contributed by atoms with Crippen LogP contribution in [0.2, 0.25) is 0 Å². The van der Waals surface area contributed by atoms with E-state index in [1.54, 1.807) is 0 Å². The third-order valence-corrected chi connectivity index (χ3v) is 7.15. The second-order valence-corrected chi connectivity index (χ2v) is 9.72. The van der Waals surface area contributed by atoms with E-state index in [1.807, 2.05) is 26.6 Å². The van der Waals surface area contributed by atoms with Crippen molar-refractivity contribution in [2.24, 2.45) is 5.92 Å². The third kappa shape index (κ3) is 7.74. The summed E-state index contributed by atoms with van der Waals surface area (Å²) in [5.74, 6) is -0.0173. The Hall–Kier alpha value is 0.395. The van der Waals surface area contributed by atoms with Crippen LogP contribution in [0.25, 0.3) is 0 Å². The molecule has 5 atom stereocenters. The van der Waals surface area contributed by atoms with E-state index >= 15 is 0 Å². The van der Waals surface area contributed by atoms with E-state index in [1.165, 1.54) is 0 Å². The van der Waals surface area contributed by atoms with Crippen LogP contribution >= 0.6 is 23.5 Å². The van der Waals surface area contributed by atoms with Crippen LogP contribution in [0.1, 0.15) is 20.3 Å². The molecule has 1 rings (SSSR count). The minimum absolute atomic E-state index is 0.0173. The molecule has 1 saturated heterocycles. The minimum Gasteiger partial charge on any atom is -0.358 e. The summed E-state index contributed by atoms with van der Waals surface area (Å²) in [5, 5.41) is 0. The van der Waals surface area contributed by atoms with E-state index in [4.69, 9.17) is 19.4 Å². The van der Waals surface area contributed by atoms with Crippen molar-refractivity contribution >= 4 is 31.4 Å². The van der Waals surface area contributed by atoms with E-state index < -0.39 is 36.2 Å². The Labute approximate surface area is 140 Å². The van der Waals surface area contributed by atoms with Crippen molar-refractivity contribution in [2.45, 2.75) is 32.6 Å². The molecule has 0 aromatic carbocycles. The quantitative estimate of drug-likeness (QED) is 0.295. The first-order valence-electron chi connectivity index (χ1n) is 6.88. The predicted molar refractivity (Wildman–Crippen MR) is 83.2 cm³/mol. The lowest BCUT2D eigenvalue weighted by atomic mass is 10.0. The summed E-state index contributed by atoms with van der Waals surface area (Å²) >= 11 is 0. The minimum atomic E-state index is -5.50. The van der Waals surface area contributed by atoms with Crippen LogP contribution in [0.3, 0.4) is 0 Å². The van der Waals surface area contributed by atoms with Gasteiger partial charge in [-0.3, -0.25) is 4.52 Å².